The van der Waals surface area contributed by atoms with E-state index in [9.17, 15) is 9.59 Å². The first-order valence-electron chi connectivity index (χ1n) is 7.88. The predicted octanol–water partition coefficient (Wildman–Crippen LogP) is 3.22. The van der Waals surface area contributed by atoms with Crippen molar-refractivity contribution in [3.05, 3.63) is 36.2 Å². The van der Waals surface area contributed by atoms with Gasteiger partial charge in [-0.3, -0.25) is 14.9 Å². The number of nitrogens with one attached hydrogen (secondary N) is 2. The number of carbonyl (C=O) groups is 2. The van der Waals surface area contributed by atoms with Gasteiger partial charge in [-0.2, -0.15) is 0 Å². The highest BCUT2D eigenvalue weighted by Gasteiger charge is 2.24. The Labute approximate surface area is 145 Å². The number of hydrogen-bond acceptors (Lipinski definition) is 4. The first kappa shape index (κ1) is 16.6. The summed E-state index contributed by atoms with van der Waals surface area (Å²) < 4.78 is 1.92. The first-order chi connectivity index (χ1) is 11.4. The third-order valence-electron chi connectivity index (χ3n) is 3.68. The number of hydrogen-bond donors (Lipinski definition) is 2. The van der Waals surface area contributed by atoms with Gasteiger partial charge in [0.15, 0.2) is 0 Å². The fraction of sp³-hybridized carbons (Fsp3) is 0.353. The Morgan fingerprint density at radius 2 is 2.25 bits per heavy atom. The number of thioether (sulfide) groups is 1. The molecular weight excluding hydrogens is 324 g/mol. The molecule has 126 valence electrons. The Bertz CT molecular complexity index is 785. The van der Waals surface area contributed by atoms with Gasteiger partial charge in [0.1, 0.15) is 0 Å². The van der Waals surface area contributed by atoms with Crippen molar-refractivity contribution < 1.29 is 9.59 Å². The molecule has 0 radical (unpaired) electrons. The summed E-state index contributed by atoms with van der Waals surface area (Å²) >= 11 is 1.49. The van der Waals surface area contributed by atoms with Crippen molar-refractivity contribution in [3.8, 4) is 0 Å². The third kappa shape index (κ3) is 3.46. The SMILES string of the molecule is CC(C)Cn1ccnc1NC(=O)c1ccc2c(c1)NC(=O)C(C)S2. The van der Waals surface area contributed by atoms with Crippen LogP contribution in [0.2, 0.25) is 0 Å². The molecule has 2 amide bonds. The summed E-state index contributed by atoms with van der Waals surface area (Å²) in [6.07, 6.45) is 3.52. The number of amides is 2. The minimum Gasteiger partial charge on any atom is -0.324 e. The fourth-order valence-corrected chi connectivity index (χ4v) is 3.43. The highest BCUT2D eigenvalue weighted by atomic mass is 32.2. The van der Waals surface area contributed by atoms with E-state index in [1.165, 1.54) is 11.8 Å². The minimum absolute atomic E-state index is 0.0439. The Kier molecular flexibility index (Phi) is 4.62. The Balaban J connectivity index is 1.78. The second kappa shape index (κ2) is 6.68. The standard InChI is InChI=1S/C17H20N4O2S/c1-10(2)9-21-7-6-18-17(21)20-16(23)12-4-5-14-13(8-12)19-15(22)11(3)24-14/h4-8,10-11H,9H2,1-3H3,(H,19,22)(H,18,20,23). The third-order valence-corrected chi connectivity index (χ3v) is 4.85. The highest BCUT2D eigenvalue weighted by molar-refractivity contribution is 8.00. The van der Waals surface area contributed by atoms with Crippen molar-refractivity contribution in [1.82, 2.24) is 9.55 Å². The number of benzene rings is 1. The maximum atomic E-state index is 12.5. The van der Waals surface area contributed by atoms with E-state index in [1.54, 1.807) is 18.3 Å². The molecule has 2 heterocycles. The topological polar surface area (TPSA) is 76.0 Å². The van der Waals surface area contributed by atoms with Crippen LogP contribution in [-0.2, 0) is 11.3 Å². The molecule has 2 N–H and O–H groups in total. The van der Waals surface area contributed by atoms with Crippen LogP contribution in [0.1, 0.15) is 31.1 Å². The molecule has 1 aliphatic heterocycles. The summed E-state index contributed by atoms with van der Waals surface area (Å²) in [4.78, 5) is 29.5. The van der Waals surface area contributed by atoms with Crippen LogP contribution >= 0.6 is 11.8 Å². The van der Waals surface area contributed by atoms with Gasteiger partial charge in [0.2, 0.25) is 11.9 Å². The predicted molar refractivity (Wildman–Crippen MR) is 95.4 cm³/mol. The monoisotopic (exact) mass is 344 g/mol. The van der Waals surface area contributed by atoms with Crippen molar-refractivity contribution in [1.29, 1.82) is 0 Å². The molecule has 3 rings (SSSR count). The van der Waals surface area contributed by atoms with Gasteiger partial charge in [-0.1, -0.05) is 13.8 Å². The van der Waals surface area contributed by atoms with Gasteiger partial charge in [0.05, 0.1) is 10.9 Å². The van der Waals surface area contributed by atoms with Gasteiger partial charge in [0.25, 0.3) is 5.91 Å². The van der Waals surface area contributed by atoms with Crippen molar-refractivity contribution in [2.24, 2.45) is 5.92 Å². The van der Waals surface area contributed by atoms with Gasteiger partial charge < -0.3 is 9.88 Å². The van der Waals surface area contributed by atoms with E-state index in [1.807, 2.05) is 23.8 Å². The molecule has 24 heavy (non-hydrogen) atoms. The Hall–Kier alpha value is -2.28. The molecule has 0 spiro atoms. The molecule has 0 aliphatic carbocycles. The molecule has 0 fully saturated rings. The second-order valence-electron chi connectivity index (χ2n) is 6.21. The minimum atomic E-state index is -0.244. The zero-order chi connectivity index (χ0) is 17.3. The van der Waals surface area contributed by atoms with E-state index in [2.05, 4.69) is 29.5 Å². The smallest absolute Gasteiger partial charge is 0.258 e. The van der Waals surface area contributed by atoms with E-state index in [0.717, 1.165) is 11.4 Å². The van der Waals surface area contributed by atoms with Crippen molar-refractivity contribution in [2.75, 3.05) is 10.6 Å². The fourth-order valence-electron chi connectivity index (χ4n) is 2.50. The zero-order valence-corrected chi connectivity index (χ0v) is 14.7. The lowest BCUT2D eigenvalue weighted by Gasteiger charge is -2.21. The van der Waals surface area contributed by atoms with Crippen LogP contribution in [0.4, 0.5) is 11.6 Å². The summed E-state index contributed by atoms with van der Waals surface area (Å²) in [5, 5.41) is 5.55. The lowest BCUT2D eigenvalue weighted by atomic mass is 10.1. The quantitative estimate of drug-likeness (QED) is 0.893. The van der Waals surface area contributed by atoms with Gasteiger partial charge in [0, 0.05) is 29.4 Å². The second-order valence-corrected chi connectivity index (χ2v) is 7.59. The van der Waals surface area contributed by atoms with Crippen molar-refractivity contribution in [2.45, 2.75) is 37.5 Å². The molecular formula is C17H20N4O2S. The summed E-state index contributed by atoms with van der Waals surface area (Å²) in [6, 6.07) is 5.34. The zero-order valence-electron chi connectivity index (χ0n) is 13.9. The molecule has 7 heteroatoms. The van der Waals surface area contributed by atoms with Crippen LogP contribution in [-0.4, -0.2) is 26.6 Å². The molecule has 0 saturated heterocycles. The largest absolute Gasteiger partial charge is 0.324 e. The number of nitrogens with zero attached hydrogens (tertiary/aromatic N) is 2. The van der Waals surface area contributed by atoms with E-state index >= 15 is 0 Å². The maximum Gasteiger partial charge on any atom is 0.258 e. The maximum absolute atomic E-state index is 12.5. The van der Waals surface area contributed by atoms with Crippen LogP contribution in [0.25, 0.3) is 0 Å². The molecule has 1 aromatic carbocycles. The number of carbonyl (C=O) groups excluding carboxylic acids is 2. The summed E-state index contributed by atoms with van der Waals surface area (Å²) in [6.45, 7) is 6.86. The summed E-state index contributed by atoms with van der Waals surface area (Å²) in [5.41, 5.74) is 1.17. The number of imidazole rings is 1. The van der Waals surface area contributed by atoms with Gasteiger partial charge in [-0.15, -0.1) is 11.8 Å². The van der Waals surface area contributed by atoms with E-state index in [4.69, 9.17) is 0 Å². The van der Waals surface area contributed by atoms with Crippen molar-refractivity contribution >= 4 is 35.2 Å². The van der Waals surface area contributed by atoms with E-state index in [-0.39, 0.29) is 17.1 Å². The lowest BCUT2D eigenvalue weighted by Crippen LogP contribution is -2.26. The number of fused-ring (bicyclic) bond motifs is 1. The number of rotatable bonds is 4. The average Bonchev–Trinajstić information content (AvgIpc) is 2.94. The molecule has 0 saturated carbocycles. The molecule has 0 bridgehead atoms. The Morgan fingerprint density at radius 3 is 3.00 bits per heavy atom. The first-order valence-corrected chi connectivity index (χ1v) is 8.76. The van der Waals surface area contributed by atoms with E-state index < -0.39 is 0 Å². The van der Waals surface area contributed by atoms with Crippen LogP contribution in [0.3, 0.4) is 0 Å². The normalized spacial score (nSPS) is 16.7. The summed E-state index contributed by atoms with van der Waals surface area (Å²) in [5.74, 6) is 0.690. The molecule has 1 aromatic heterocycles. The van der Waals surface area contributed by atoms with Crippen LogP contribution in [0.5, 0.6) is 0 Å². The molecule has 1 unspecified atom stereocenters. The molecule has 2 aromatic rings. The average molecular weight is 344 g/mol. The van der Waals surface area contributed by atoms with E-state index in [0.29, 0.717) is 23.1 Å². The van der Waals surface area contributed by atoms with Gasteiger partial charge in [-0.25, -0.2) is 4.98 Å². The highest BCUT2D eigenvalue weighted by Crippen LogP contribution is 2.36. The number of aromatic nitrogens is 2. The van der Waals surface area contributed by atoms with Crippen LogP contribution in [0.15, 0.2) is 35.5 Å². The molecule has 6 nitrogen and oxygen atoms in total. The molecule has 1 aliphatic rings. The van der Waals surface area contributed by atoms with Crippen LogP contribution < -0.4 is 10.6 Å². The van der Waals surface area contributed by atoms with Crippen LogP contribution in [0, 0.1) is 5.92 Å². The van der Waals surface area contributed by atoms with Crippen molar-refractivity contribution in [3.63, 3.8) is 0 Å². The van der Waals surface area contributed by atoms with Gasteiger partial charge >= 0.3 is 0 Å². The van der Waals surface area contributed by atoms with Gasteiger partial charge in [-0.05, 0) is 31.0 Å². The lowest BCUT2D eigenvalue weighted by molar-refractivity contribution is -0.115. The molecule has 1 atom stereocenters. The Morgan fingerprint density at radius 1 is 1.46 bits per heavy atom. The summed E-state index contributed by atoms with van der Waals surface area (Å²) in [7, 11) is 0. The number of anilines is 2.